The van der Waals surface area contributed by atoms with Gasteiger partial charge in [0.05, 0.1) is 36.8 Å². The standard InChI is InChI=1S/C31H41N3O6S.ClH/c1-22(2)40-28-18-25(17-26(19-28)34-13-8-14-41(34,37)38)31(36)33-29(16-23-9-5-4-6-10-23)30(35)21-32-20-24-11-7-12-27(15-24)39-3;/h4-7,9-12,15,17-19,22,29-30,32,35,37-38H,8,13-14,16,20-21H2,1-3H3,(H,33,36);1H/t29-,30-;/m0./s1. The Bertz CT molecular complexity index is 1300. The lowest BCUT2D eigenvalue weighted by atomic mass is 10.00. The van der Waals surface area contributed by atoms with E-state index in [1.807, 2.05) is 68.4 Å². The number of aliphatic hydroxyl groups is 1. The Kier molecular flexibility index (Phi) is 12.3. The number of hydrogen-bond donors (Lipinski definition) is 5. The number of benzene rings is 3. The number of anilines is 1. The van der Waals surface area contributed by atoms with Crippen LogP contribution in [0.15, 0.2) is 72.8 Å². The highest BCUT2D eigenvalue weighted by atomic mass is 35.5. The summed E-state index contributed by atoms with van der Waals surface area (Å²) < 4.78 is 33.9. The molecule has 0 aromatic heterocycles. The van der Waals surface area contributed by atoms with E-state index in [-0.39, 0.29) is 36.7 Å². The van der Waals surface area contributed by atoms with Gasteiger partial charge in [0, 0.05) is 31.3 Å². The van der Waals surface area contributed by atoms with Crippen LogP contribution in [0.3, 0.4) is 0 Å². The average Bonchev–Trinajstić information content (AvgIpc) is 3.31. The summed E-state index contributed by atoms with van der Waals surface area (Å²) in [6.45, 7) is 5.04. The summed E-state index contributed by atoms with van der Waals surface area (Å²) >= 11 is 0. The van der Waals surface area contributed by atoms with Gasteiger partial charge in [0.25, 0.3) is 5.91 Å². The zero-order chi connectivity index (χ0) is 29.4. The first-order valence-corrected chi connectivity index (χ1v) is 15.5. The maximum absolute atomic E-state index is 13.6. The lowest BCUT2D eigenvalue weighted by Gasteiger charge is -2.38. The van der Waals surface area contributed by atoms with Crippen molar-refractivity contribution in [1.29, 1.82) is 0 Å². The van der Waals surface area contributed by atoms with E-state index >= 15 is 0 Å². The number of nitrogens with zero attached hydrogens (tertiary/aromatic N) is 1. The van der Waals surface area contributed by atoms with E-state index in [9.17, 15) is 19.0 Å². The van der Waals surface area contributed by atoms with Crippen LogP contribution in [0.5, 0.6) is 11.5 Å². The van der Waals surface area contributed by atoms with Crippen LogP contribution in [0.25, 0.3) is 0 Å². The third kappa shape index (κ3) is 9.26. The van der Waals surface area contributed by atoms with Gasteiger partial charge in [-0.1, -0.05) is 42.5 Å². The smallest absolute Gasteiger partial charge is 0.251 e. The molecule has 0 bridgehead atoms. The Morgan fingerprint density at radius 3 is 2.40 bits per heavy atom. The van der Waals surface area contributed by atoms with Gasteiger partial charge in [-0.15, -0.1) is 23.2 Å². The van der Waals surface area contributed by atoms with Gasteiger partial charge in [-0.2, -0.15) is 0 Å². The van der Waals surface area contributed by atoms with Crippen LogP contribution in [0.4, 0.5) is 5.69 Å². The van der Waals surface area contributed by atoms with Crippen molar-refractivity contribution in [3.05, 3.63) is 89.5 Å². The Morgan fingerprint density at radius 1 is 1.00 bits per heavy atom. The fraction of sp³-hybridized carbons (Fsp3) is 0.387. The third-order valence-corrected chi connectivity index (χ3v) is 8.78. The summed E-state index contributed by atoms with van der Waals surface area (Å²) in [6, 6.07) is 21.8. The first-order chi connectivity index (χ1) is 19.6. The highest BCUT2D eigenvalue weighted by Gasteiger charge is 2.30. The summed E-state index contributed by atoms with van der Waals surface area (Å²) in [5, 5.41) is 17.5. The van der Waals surface area contributed by atoms with E-state index in [1.54, 1.807) is 29.6 Å². The Morgan fingerprint density at radius 2 is 1.74 bits per heavy atom. The van der Waals surface area contributed by atoms with Gasteiger partial charge >= 0.3 is 0 Å². The van der Waals surface area contributed by atoms with Gasteiger partial charge in [-0.3, -0.25) is 18.2 Å². The van der Waals surface area contributed by atoms with E-state index in [0.717, 1.165) is 16.9 Å². The Labute approximate surface area is 256 Å². The van der Waals surface area contributed by atoms with Gasteiger partial charge in [0.2, 0.25) is 0 Å². The van der Waals surface area contributed by atoms with Gasteiger partial charge in [0.1, 0.15) is 11.5 Å². The van der Waals surface area contributed by atoms with Crippen LogP contribution in [0, 0.1) is 0 Å². The van der Waals surface area contributed by atoms with Gasteiger partial charge in [-0.05, 0) is 62.1 Å². The molecule has 1 aliphatic rings. The van der Waals surface area contributed by atoms with E-state index in [0.29, 0.717) is 42.9 Å². The Balaban J connectivity index is 0.00000484. The molecule has 1 aliphatic heterocycles. The van der Waals surface area contributed by atoms with Crippen molar-refractivity contribution >= 4 is 34.8 Å². The number of ether oxygens (including phenoxy) is 2. The van der Waals surface area contributed by atoms with Crippen molar-refractivity contribution in [1.82, 2.24) is 10.6 Å². The molecule has 3 aromatic carbocycles. The normalized spacial score (nSPS) is 16.3. The summed E-state index contributed by atoms with van der Waals surface area (Å²) in [5.41, 5.74) is 2.83. The lowest BCUT2D eigenvalue weighted by molar-refractivity contribution is 0.0829. The second-order valence-electron chi connectivity index (χ2n) is 10.5. The number of rotatable bonds is 13. The zero-order valence-corrected chi connectivity index (χ0v) is 25.9. The largest absolute Gasteiger partial charge is 0.497 e. The minimum Gasteiger partial charge on any atom is -0.497 e. The van der Waals surface area contributed by atoms with E-state index in [2.05, 4.69) is 10.6 Å². The van der Waals surface area contributed by atoms with E-state index in [1.165, 1.54) is 0 Å². The number of halogens is 1. The van der Waals surface area contributed by atoms with Crippen LogP contribution in [0.2, 0.25) is 0 Å². The lowest BCUT2D eigenvalue weighted by Crippen LogP contribution is -2.48. The molecule has 3 aromatic rings. The number of carbonyl (C=O) groups is 1. The van der Waals surface area contributed by atoms with E-state index in [4.69, 9.17) is 9.47 Å². The quantitative estimate of drug-likeness (QED) is 0.175. The predicted octanol–water partition coefficient (Wildman–Crippen LogP) is 5.27. The van der Waals surface area contributed by atoms with Gasteiger partial charge < -0.3 is 25.2 Å². The third-order valence-electron chi connectivity index (χ3n) is 6.84. The highest BCUT2D eigenvalue weighted by molar-refractivity contribution is 8.25. The molecule has 4 rings (SSSR count). The summed E-state index contributed by atoms with van der Waals surface area (Å²) in [4.78, 5) is 13.6. The van der Waals surface area contributed by atoms with Gasteiger partial charge in [-0.25, -0.2) is 0 Å². The molecule has 0 aliphatic carbocycles. The van der Waals surface area contributed by atoms with Crippen LogP contribution in [-0.4, -0.2) is 64.3 Å². The molecule has 0 radical (unpaired) electrons. The average molecular weight is 620 g/mol. The summed E-state index contributed by atoms with van der Waals surface area (Å²) in [7, 11) is -1.33. The summed E-state index contributed by atoms with van der Waals surface area (Å²) in [6.07, 6.45) is 0.0528. The van der Waals surface area contributed by atoms with Gasteiger partial charge in [0.15, 0.2) is 0 Å². The molecular formula is C31H42ClN3O6S. The molecule has 230 valence electrons. The minimum atomic E-state index is -2.95. The SMILES string of the molecule is COc1cccc(CNC[C@H](O)[C@H](Cc2ccccc2)NC(=O)c2cc(OC(C)C)cc(N3CCCS3(O)O)c2)c1.Cl. The molecule has 0 unspecified atom stereocenters. The van der Waals surface area contributed by atoms with Crippen molar-refractivity contribution in [2.24, 2.45) is 0 Å². The predicted molar refractivity (Wildman–Crippen MR) is 171 cm³/mol. The zero-order valence-electron chi connectivity index (χ0n) is 24.2. The maximum Gasteiger partial charge on any atom is 0.251 e. The van der Waals surface area contributed by atoms with Crippen LogP contribution < -0.4 is 24.4 Å². The number of methoxy groups -OCH3 is 1. The second-order valence-corrected chi connectivity index (χ2v) is 12.6. The monoisotopic (exact) mass is 619 g/mol. The van der Waals surface area contributed by atoms with Crippen molar-refractivity contribution in [2.45, 2.75) is 51.5 Å². The topological polar surface area (TPSA) is 124 Å². The summed E-state index contributed by atoms with van der Waals surface area (Å²) in [5.74, 6) is 1.13. The second kappa shape index (κ2) is 15.5. The number of nitrogens with one attached hydrogen (secondary N) is 2. The van der Waals surface area contributed by atoms with Crippen LogP contribution >= 0.6 is 23.2 Å². The molecule has 42 heavy (non-hydrogen) atoms. The fourth-order valence-corrected chi connectivity index (χ4v) is 6.45. The first kappa shape index (κ1) is 33.5. The molecule has 9 nitrogen and oxygen atoms in total. The molecule has 11 heteroatoms. The number of amides is 1. The highest BCUT2D eigenvalue weighted by Crippen LogP contribution is 2.51. The molecule has 0 saturated carbocycles. The molecule has 5 N–H and O–H groups in total. The Hall–Kier alpha value is -2.99. The van der Waals surface area contributed by atoms with Crippen molar-refractivity contribution in [2.75, 3.05) is 30.3 Å². The van der Waals surface area contributed by atoms with Crippen LogP contribution in [-0.2, 0) is 13.0 Å². The number of aliphatic hydroxyl groups excluding tert-OH is 1. The molecule has 1 heterocycles. The first-order valence-electron chi connectivity index (χ1n) is 13.9. The fourth-order valence-electron chi connectivity index (χ4n) is 4.85. The van der Waals surface area contributed by atoms with Crippen LogP contribution in [0.1, 0.15) is 41.8 Å². The van der Waals surface area contributed by atoms with Crippen molar-refractivity contribution in [3.63, 3.8) is 0 Å². The molecular weight excluding hydrogens is 578 g/mol. The molecule has 1 fully saturated rings. The number of carbonyl (C=O) groups excluding carboxylic acids is 1. The molecule has 1 saturated heterocycles. The van der Waals surface area contributed by atoms with Crippen molar-refractivity contribution in [3.8, 4) is 11.5 Å². The number of hydrogen-bond acceptors (Lipinski definition) is 8. The van der Waals surface area contributed by atoms with Crippen molar-refractivity contribution < 1.29 is 28.5 Å². The molecule has 1 amide bonds. The molecule has 0 spiro atoms. The van der Waals surface area contributed by atoms with E-state index < -0.39 is 22.9 Å². The maximum atomic E-state index is 13.6. The molecule has 2 atom stereocenters. The minimum absolute atomic E-state index is 0.